The third kappa shape index (κ3) is 4.05. The van der Waals surface area contributed by atoms with Crippen molar-refractivity contribution < 1.29 is 4.57 Å². The smallest absolute Gasteiger partial charge is 0.271 e. The number of H-pyrrole nitrogens is 2. The number of hydrogen-bond acceptors (Lipinski definition) is 4. The van der Waals surface area contributed by atoms with Crippen LogP contribution in [0.4, 0.5) is 5.95 Å². The zero-order valence-electron chi connectivity index (χ0n) is 15.4. The van der Waals surface area contributed by atoms with Crippen LogP contribution in [0, 0.1) is 0 Å². The molecular weight excluding hydrogens is 344 g/mol. The van der Waals surface area contributed by atoms with E-state index in [0.29, 0.717) is 23.7 Å². The van der Waals surface area contributed by atoms with E-state index in [2.05, 4.69) is 27.4 Å². The van der Waals surface area contributed by atoms with Gasteiger partial charge in [0.15, 0.2) is 0 Å². The van der Waals surface area contributed by atoms with E-state index in [1.54, 1.807) is 13.3 Å². The Kier molecular flexibility index (Phi) is 5.65. The monoisotopic (exact) mass is 367 g/mol. The molecule has 0 unspecified atom stereocenters. The minimum absolute atomic E-state index is 0.415. The van der Waals surface area contributed by atoms with Gasteiger partial charge >= 0.3 is 11.6 Å². The number of nitrogens with zero attached hydrogens (tertiary/aromatic N) is 3. The van der Waals surface area contributed by atoms with Gasteiger partial charge in [0, 0.05) is 7.05 Å². The molecule has 27 heavy (non-hydrogen) atoms. The molecule has 0 amide bonds. The standard InChI is InChI=1S/C19H22N6O2/c1-3-4-13-25-15-16(24(2)19(27)22-17(15)26)21-18(25)23-20-12-8-11-14-9-6-5-7-10-14/h5-12H,3-4,13H2,1-2H3,(H2,21,22,23,26,27)/p+1. The molecule has 3 rings (SSSR count). The van der Waals surface area contributed by atoms with Gasteiger partial charge in [-0.1, -0.05) is 49.8 Å². The Morgan fingerprint density at radius 3 is 2.74 bits per heavy atom. The molecule has 0 bridgehead atoms. The first kappa shape index (κ1) is 18.4. The summed E-state index contributed by atoms with van der Waals surface area (Å²) < 4.78 is 3.19. The maximum Gasteiger partial charge on any atom is 0.381 e. The lowest BCUT2D eigenvalue weighted by Crippen LogP contribution is -2.41. The molecule has 8 nitrogen and oxygen atoms in total. The van der Waals surface area contributed by atoms with Crippen molar-refractivity contribution in [1.29, 1.82) is 0 Å². The molecule has 3 aromatic rings. The van der Waals surface area contributed by atoms with Crippen LogP contribution in [0.15, 0.2) is 51.1 Å². The molecule has 1 aromatic carbocycles. The number of imidazole rings is 1. The van der Waals surface area contributed by atoms with Crippen molar-refractivity contribution in [3.8, 4) is 0 Å². The molecule has 0 saturated carbocycles. The summed E-state index contributed by atoms with van der Waals surface area (Å²) in [6.07, 6.45) is 7.27. The number of nitrogens with one attached hydrogen (secondary N) is 3. The summed E-state index contributed by atoms with van der Waals surface area (Å²) in [5.74, 6) is 0.550. The number of allylic oxidation sites excluding steroid dienone is 1. The van der Waals surface area contributed by atoms with E-state index in [0.717, 1.165) is 18.4 Å². The minimum Gasteiger partial charge on any atom is -0.271 e. The van der Waals surface area contributed by atoms with Gasteiger partial charge in [-0.3, -0.25) is 14.3 Å². The molecule has 0 radical (unpaired) electrons. The average Bonchev–Trinajstić information content (AvgIpc) is 3.04. The van der Waals surface area contributed by atoms with Crippen LogP contribution in [0.5, 0.6) is 0 Å². The van der Waals surface area contributed by atoms with Crippen molar-refractivity contribution in [3.05, 3.63) is 62.8 Å². The van der Waals surface area contributed by atoms with Gasteiger partial charge in [0.1, 0.15) is 0 Å². The summed E-state index contributed by atoms with van der Waals surface area (Å²) in [4.78, 5) is 29.6. The molecule has 0 aliphatic rings. The van der Waals surface area contributed by atoms with Crippen LogP contribution in [0.3, 0.4) is 0 Å². The number of aryl methyl sites for hydroxylation is 2. The third-order valence-electron chi connectivity index (χ3n) is 4.23. The molecule has 0 saturated heterocycles. The van der Waals surface area contributed by atoms with Crippen molar-refractivity contribution >= 4 is 29.4 Å². The molecule has 0 fully saturated rings. The Bertz CT molecular complexity index is 1090. The van der Waals surface area contributed by atoms with E-state index in [1.165, 1.54) is 4.57 Å². The second-order valence-corrected chi connectivity index (χ2v) is 6.15. The summed E-state index contributed by atoms with van der Waals surface area (Å²) >= 11 is 0. The first-order valence-electron chi connectivity index (χ1n) is 8.87. The van der Waals surface area contributed by atoms with Crippen LogP contribution in [0.2, 0.25) is 0 Å². The van der Waals surface area contributed by atoms with Crippen molar-refractivity contribution in [3.63, 3.8) is 0 Å². The van der Waals surface area contributed by atoms with Gasteiger partial charge in [-0.15, -0.1) is 5.10 Å². The SMILES string of the molecule is CCCC[n+]1c(NN=CC=Cc2ccccc2)[nH]c2c1c(=O)[nH]c(=O)n2C. The van der Waals surface area contributed by atoms with E-state index in [-0.39, 0.29) is 0 Å². The lowest BCUT2D eigenvalue weighted by atomic mass is 10.2. The fourth-order valence-corrected chi connectivity index (χ4v) is 2.78. The molecule has 2 aromatic heterocycles. The highest BCUT2D eigenvalue weighted by molar-refractivity contribution is 5.78. The maximum absolute atomic E-state index is 12.3. The Labute approximate surface area is 155 Å². The number of rotatable bonds is 7. The normalized spacial score (nSPS) is 11.8. The van der Waals surface area contributed by atoms with E-state index >= 15 is 0 Å². The first-order valence-corrected chi connectivity index (χ1v) is 8.87. The van der Waals surface area contributed by atoms with Gasteiger partial charge in [-0.05, 0) is 18.1 Å². The molecule has 0 atom stereocenters. The topological polar surface area (TPSA) is 98.9 Å². The highest BCUT2D eigenvalue weighted by atomic mass is 16.2. The maximum atomic E-state index is 12.3. The number of anilines is 1. The second-order valence-electron chi connectivity index (χ2n) is 6.15. The minimum atomic E-state index is -0.461. The number of benzene rings is 1. The fraction of sp³-hybridized carbons (Fsp3) is 0.263. The summed E-state index contributed by atoms with van der Waals surface area (Å²) in [6, 6.07) is 9.91. The van der Waals surface area contributed by atoms with Crippen LogP contribution in [0.25, 0.3) is 17.2 Å². The second kappa shape index (κ2) is 8.31. The number of aromatic nitrogens is 4. The average molecular weight is 367 g/mol. The Morgan fingerprint density at radius 1 is 1.22 bits per heavy atom. The molecule has 3 N–H and O–H groups in total. The Balaban J connectivity index is 1.89. The van der Waals surface area contributed by atoms with Crippen molar-refractivity contribution in [1.82, 2.24) is 14.5 Å². The van der Waals surface area contributed by atoms with Crippen LogP contribution in [-0.2, 0) is 13.6 Å². The Hall–Kier alpha value is -3.42. The van der Waals surface area contributed by atoms with Crippen LogP contribution >= 0.6 is 0 Å². The summed E-state index contributed by atoms with van der Waals surface area (Å²) in [5, 5.41) is 4.19. The largest absolute Gasteiger partial charge is 0.381 e. The lowest BCUT2D eigenvalue weighted by molar-refractivity contribution is -0.658. The highest BCUT2D eigenvalue weighted by Gasteiger charge is 2.22. The highest BCUT2D eigenvalue weighted by Crippen LogP contribution is 2.07. The predicted molar refractivity (Wildman–Crippen MR) is 107 cm³/mol. The zero-order chi connectivity index (χ0) is 19.2. The van der Waals surface area contributed by atoms with Crippen molar-refractivity contribution in [2.45, 2.75) is 26.3 Å². The van der Waals surface area contributed by atoms with Gasteiger partial charge in [0.25, 0.3) is 5.56 Å². The van der Waals surface area contributed by atoms with Gasteiger partial charge < -0.3 is 0 Å². The predicted octanol–water partition coefficient (Wildman–Crippen LogP) is 1.75. The van der Waals surface area contributed by atoms with Gasteiger partial charge in [-0.2, -0.15) is 5.43 Å². The summed E-state index contributed by atoms with van der Waals surface area (Å²) in [5.41, 5.74) is 4.01. The molecular formula is C19H23N6O2+. The van der Waals surface area contributed by atoms with E-state index in [9.17, 15) is 9.59 Å². The molecule has 8 heteroatoms. The van der Waals surface area contributed by atoms with E-state index in [1.807, 2.05) is 47.1 Å². The van der Waals surface area contributed by atoms with E-state index < -0.39 is 11.2 Å². The number of aromatic amines is 2. The molecule has 0 spiro atoms. The lowest BCUT2D eigenvalue weighted by Gasteiger charge is -2.00. The molecule has 0 aliphatic carbocycles. The van der Waals surface area contributed by atoms with Crippen molar-refractivity contribution in [2.75, 3.05) is 5.43 Å². The number of hydrogen-bond donors (Lipinski definition) is 3. The number of unbranched alkanes of at least 4 members (excludes halogenated alkanes) is 1. The molecule has 140 valence electrons. The van der Waals surface area contributed by atoms with Crippen LogP contribution in [-0.4, -0.2) is 20.7 Å². The van der Waals surface area contributed by atoms with Crippen LogP contribution < -0.4 is 21.2 Å². The number of fused-ring (bicyclic) bond motifs is 1. The summed E-state index contributed by atoms with van der Waals surface area (Å²) in [7, 11) is 1.61. The Morgan fingerprint density at radius 2 is 2.00 bits per heavy atom. The third-order valence-corrected chi connectivity index (χ3v) is 4.23. The molecule has 2 heterocycles. The van der Waals surface area contributed by atoms with Gasteiger partial charge in [0.05, 0.1) is 12.8 Å². The van der Waals surface area contributed by atoms with Gasteiger partial charge in [-0.25, -0.2) is 14.3 Å². The zero-order valence-corrected chi connectivity index (χ0v) is 15.4. The van der Waals surface area contributed by atoms with Gasteiger partial charge in [0.2, 0.25) is 11.2 Å². The number of hydrazone groups is 1. The summed E-state index contributed by atoms with van der Waals surface area (Å²) in [6.45, 7) is 2.71. The van der Waals surface area contributed by atoms with E-state index in [4.69, 9.17) is 0 Å². The van der Waals surface area contributed by atoms with Crippen molar-refractivity contribution in [2.24, 2.45) is 12.1 Å². The van der Waals surface area contributed by atoms with Crippen LogP contribution in [0.1, 0.15) is 25.3 Å². The molecule has 0 aliphatic heterocycles. The quantitative estimate of drug-likeness (QED) is 0.337. The first-order chi connectivity index (χ1) is 13.1. The fourth-order valence-electron chi connectivity index (χ4n) is 2.78.